The Labute approximate surface area is 191 Å². The molecule has 2 unspecified atom stereocenters. The summed E-state index contributed by atoms with van der Waals surface area (Å²) in [5.41, 5.74) is 0. The van der Waals surface area contributed by atoms with E-state index in [-0.39, 0.29) is 0 Å². The van der Waals surface area contributed by atoms with E-state index in [0.717, 1.165) is 55.9 Å². The van der Waals surface area contributed by atoms with Crippen LogP contribution in [0.3, 0.4) is 0 Å². The molecule has 3 heterocycles. The van der Waals surface area contributed by atoms with Gasteiger partial charge in [0.2, 0.25) is 5.95 Å². The third kappa shape index (κ3) is 6.47. The monoisotopic (exact) mass is 452 g/mol. The second-order valence-corrected chi connectivity index (χ2v) is 11.7. The third-order valence-corrected chi connectivity index (χ3v) is 8.21. The summed E-state index contributed by atoms with van der Waals surface area (Å²) in [6, 6.07) is 0. The summed E-state index contributed by atoms with van der Waals surface area (Å²) in [6.07, 6.45) is 11.2. The molecule has 4 rings (SSSR count). The molecule has 3 aliphatic rings. The standard InChI is InChI=1S/C23H37ClN4OS/c1-17(2)30-28-10-3-18(4-11-28)16-29-12-7-20-13-22(20)19-5-8-27(9-6-19)23-25-14-21(24)15-26-23/h14-15,17-20,22H,3-13,16H2,1-2H3. The molecule has 0 radical (unpaired) electrons. The summed E-state index contributed by atoms with van der Waals surface area (Å²) in [5, 5.41) is 1.30. The zero-order valence-corrected chi connectivity index (χ0v) is 20.1. The van der Waals surface area contributed by atoms with Gasteiger partial charge in [0.1, 0.15) is 0 Å². The van der Waals surface area contributed by atoms with Gasteiger partial charge in [-0.15, -0.1) is 0 Å². The fourth-order valence-electron chi connectivity index (χ4n) is 5.14. The Balaban J connectivity index is 1.06. The first-order valence-electron chi connectivity index (χ1n) is 11.8. The Kier molecular flexibility index (Phi) is 8.18. The van der Waals surface area contributed by atoms with E-state index in [9.17, 15) is 0 Å². The average molecular weight is 453 g/mol. The summed E-state index contributed by atoms with van der Waals surface area (Å²) in [7, 11) is 0. The van der Waals surface area contributed by atoms with Crippen LogP contribution in [0.2, 0.25) is 5.02 Å². The molecule has 2 aliphatic heterocycles. The molecule has 1 aliphatic carbocycles. The maximum absolute atomic E-state index is 6.10. The zero-order valence-electron chi connectivity index (χ0n) is 18.5. The number of aromatic nitrogens is 2. The topological polar surface area (TPSA) is 41.5 Å². The molecule has 3 fully saturated rings. The average Bonchev–Trinajstić information content (AvgIpc) is 3.52. The summed E-state index contributed by atoms with van der Waals surface area (Å²) in [4.78, 5) is 11.0. The minimum absolute atomic E-state index is 0.604. The van der Waals surface area contributed by atoms with Crippen LogP contribution in [0.1, 0.15) is 52.4 Å². The lowest BCUT2D eigenvalue weighted by Gasteiger charge is -2.32. The minimum Gasteiger partial charge on any atom is -0.381 e. The predicted octanol–water partition coefficient (Wildman–Crippen LogP) is 5.16. The molecule has 0 bridgehead atoms. The lowest BCUT2D eigenvalue weighted by Crippen LogP contribution is -2.35. The molecular weight excluding hydrogens is 416 g/mol. The highest BCUT2D eigenvalue weighted by Gasteiger charge is 2.43. The van der Waals surface area contributed by atoms with Gasteiger partial charge >= 0.3 is 0 Å². The van der Waals surface area contributed by atoms with E-state index >= 15 is 0 Å². The highest BCUT2D eigenvalue weighted by atomic mass is 35.5. The van der Waals surface area contributed by atoms with Crippen LogP contribution in [0, 0.1) is 23.7 Å². The number of hydrogen-bond acceptors (Lipinski definition) is 6. The van der Waals surface area contributed by atoms with Gasteiger partial charge in [-0.1, -0.05) is 37.4 Å². The van der Waals surface area contributed by atoms with E-state index in [1.807, 2.05) is 11.9 Å². The number of halogens is 1. The van der Waals surface area contributed by atoms with Crippen LogP contribution in [-0.2, 0) is 4.74 Å². The molecule has 30 heavy (non-hydrogen) atoms. The zero-order chi connectivity index (χ0) is 20.9. The molecule has 0 spiro atoms. The van der Waals surface area contributed by atoms with Gasteiger partial charge in [0.05, 0.1) is 17.4 Å². The van der Waals surface area contributed by atoms with Gasteiger partial charge in [-0.3, -0.25) is 4.31 Å². The van der Waals surface area contributed by atoms with Crippen LogP contribution in [-0.4, -0.2) is 58.9 Å². The molecule has 1 aromatic rings. The maximum atomic E-state index is 6.10. The van der Waals surface area contributed by atoms with Gasteiger partial charge < -0.3 is 9.64 Å². The van der Waals surface area contributed by atoms with Gasteiger partial charge in [0.25, 0.3) is 0 Å². The first-order chi connectivity index (χ1) is 14.6. The molecule has 2 atom stereocenters. The smallest absolute Gasteiger partial charge is 0.225 e. The number of ether oxygens (including phenoxy) is 1. The van der Waals surface area contributed by atoms with Crippen molar-refractivity contribution in [1.29, 1.82) is 0 Å². The van der Waals surface area contributed by atoms with Crippen molar-refractivity contribution in [1.82, 2.24) is 14.3 Å². The number of piperidine rings is 2. The van der Waals surface area contributed by atoms with E-state index in [0.29, 0.717) is 10.3 Å². The Morgan fingerprint density at radius 3 is 2.47 bits per heavy atom. The third-order valence-electron chi connectivity index (χ3n) is 6.93. The molecule has 0 amide bonds. The van der Waals surface area contributed by atoms with E-state index < -0.39 is 0 Å². The quantitative estimate of drug-likeness (QED) is 0.381. The molecular formula is C23H37ClN4OS. The van der Waals surface area contributed by atoms with Crippen LogP contribution in [0.25, 0.3) is 0 Å². The second kappa shape index (κ2) is 10.8. The minimum atomic E-state index is 0.604. The van der Waals surface area contributed by atoms with Crippen molar-refractivity contribution in [2.24, 2.45) is 23.7 Å². The Bertz CT molecular complexity index is 645. The van der Waals surface area contributed by atoms with E-state index in [2.05, 4.69) is 33.0 Å². The first-order valence-corrected chi connectivity index (χ1v) is 13.0. The Morgan fingerprint density at radius 2 is 1.80 bits per heavy atom. The van der Waals surface area contributed by atoms with Crippen LogP contribution in [0.5, 0.6) is 0 Å². The largest absolute Gasteiger partial charge is 0.381 e. The fourth-order valence-corrected chi connectivity index (χ4v) is 6.26. The Hall–Kier alpha value is -0.560. The summed E-state index contributed by atoms with van der Waals surface area (Å²) < 4.78 is 8.64. The molecule has 0 aromatic carbocycles. The summed E-state index contributed by atoms with van der Waals surface area (Å²) in [6.45, 7) is 11.1. The highest BCUT2D eigenvalue weighted by molar-refractivity contribution is 7.97. The van der Waals surface area contributed by atoms with Gasteiger partial charge in [0.15, 0.2) is 0 Å². The number of hydrogen-bond donors (Lipinski definition) is 0. The predicted molar refractivity (Wildman–Crippen MR) is 126 cm³/mol. The van der Waals surface area contributed by atoms with E-state index in [4.69, 9.17) is 16.3 Å². The lowest BCUT2D eigenvalue weighted by atomic mass is 9.90. The maximum Gasteiger partial charge on any atom is 0.225 e. The summed E-state index contributed by atoms with van der Waals surface area (Å²) >= 11 is 7.91. The molecule has 1 aromatic heterocycles. The van der Waals surface area contributed by atoms with Crippen LogP contribution in [0.15, 0.2) is 12.4 Å². The van der Waals surface area contributed by atoms with Crippen molar-refractivity contribution in [3.05, 3.63) is 17.4 Å². The number of rotatable bonds is 9. The number of anilines is 1. The van der Waals surface area contributed by atoms with E-state index in [1.165, 1.54) is 51.6 Å². The lowest BCUT2D eigenvalue weighted by molar-refractivity contribution is 0.0755. The van der Waals surface area contributed by atoms with Gasteiger partial charge in [0, 0.05) is 44.6 Å². The van der Waals surface area contributed by atoms with E-state index in [1.54, 1.807) is 12.4 Å². The summed E-state index contributed by atoms with van der Waals surface area (Å²) in [5.74, 6) is 4.30. The van der Waals surface area contributed by atoms with Crippen molar-refractivity contribution in [2.75, 3.05) is 44.3 Å². The van der Waals surface area contributed by atoms with Crippen LogP contribution in [0.4, 0.5) is 5.95 Å². The molecule has 0 N–H and O–H groups in total. The molecule has 5 nitrogen and oxygen atoms in total. The first kappa shape index (κ1) is 22.6. The van der Waals surface area contributed by atoms with Gasteiger partial charge in [-0.25, -0.2) is 9.97 Å². The SMILES string of the molecule is CC(C)SN1CCC(COCCC2CC2C2CCN(c3ncc(Cl)cn3)CC2)CC1. The van der Waals surface area contributed by atoms with Gasteiger partial charge in [-0.05, 0) is 62.2 Å². The molecule has 168 valence electrons. The number of nitrogens with zero attached hydrogens (tertiary/aromatic N) is 4. The molecule has 1 saturated carbocycles. The van der Waals surface area contributed by atoms with Crippen LogP contribution < -0.4 is 4.90 Å². The Morgan fingerprint density at radius 1 is 1.10 bits per heavy atom. The normalized spacial score (nSPS) is 26.5. The van der Waals surface area contributed by atoms with Crippen LogP contribution >= 0.6 is 23.5 Å². The van der Waals surface area contributed by atoms with Gasteiger partial charge in [-0.2, -0.15) is 0 Å². The second-order valence-electron chi connectivity index (χ2n) is 9.58. The van der Waals surface area contributed by atoms with Crippen molar-refractivity contribution in [2.45, 2.75) is 57.6 Å². The van der Waals surface area contributed by atoms with Crippen molar-refractivity contribution in [3.63, 3.8) is 0 Å². The highest BCUT2D eigenvalue weighted by Crippen LogP contribution is 2.49. The van der Waals surface area contributed by atoms with Crippen molar-refractivity contribution < 1.29 is 4.74 Å². The molecule has 2 saturated heterocycles. The molecule has 7 heteroatoms. The van der Waals surface area contributed by atoms with Crippen molar-refractivity contribution >= 4 is 29.5 Å². The fraction of sp³-hybridized carbons (Fsp3) is 0.826. The van der Waals surface area contributed by atoms with Crippen molar-refractivity contribution in [3.8, 4) is 0 Å².